The van der Waals surface area contributed by atoms with Gasteiger partial charge in [-0.3, -0.25) is 0 Å². The van der Waals surface area contributed by atoms with Gasteiger partial charge in [0.15, 0.2) is 0 Å². The number of aromatic hydroxyl groups is 1. The maximum atomic E-state index is 11.1. The number of nitrogens with zero attached hydrogens (tertiary/aromatic N) is 1. The maximum absolute atomic E-state index is 11.1. The fraction of sp³-hybridized carbons (Fsp3) is 0.500. The Balaban J connectivity index is 0.00000141. The van der Waals surface area contributed by atoms with E-state index in [4.69, 9.17) is 18.6 Å². The topological polar surface area (TPSA) is 23.5 Å². The molecule has 166 valence electrons. The first kappa shape index (κ1) is 28.0. The summed E-state index contributed by atoms with van der Waals surface area (Å²) in [7, 11) is 14.4. The van der Waals surface area contributed by atoms with Crippen molar-refractivity contribution >= 4 is 37.8 Å². The summed E-state index contributed by atoms with van der Waals surface area (Å²) in [6.07, 6.45) is 0. The summed E-state index contributed by atoms with van der Waals surface area (Å²) in [5, 5.41) is 13.5. The number of benzene rings is 2. The molecule has 0 fully saturated rings. The molecule has 2 aromatic rings. The van der Waals surface area contributed by atoms with Gasteiger partial charge in [-0.05, 0) is 54.3 Å². The average molecular weight is 504 g/mol. The molecule has 1 N–H and O–H groups in total. The molecule has 1 atom stereocenters. The van der Waals surface area contributed by atoms with Gasteiger partial charge in [-0.1, -0.05) is 80.0 Å². The molecule has 0 radical (unpaired) electrons. The van der Waals surface area contributed by atoms with Crippen molar-refractivity contribution in [2.75, 3.05) is 14.1 Å². The second-order valence-electron chi connectivity index (χ2n) is 10.0. The van der Waals surface area contributed by atoms with Crippen molar-refractivity contribution in [2.24, 2.45) is 0 Å². The third kappa shape index (κ3) is 8.46. The van der Waals surface area contributed by atoms with Crippen LogP contribution in [-0.4, -0.2) is 24.1 Å². The first-order chi connectivity index (χ1) is 13.7. The average Bonchev–Trinajstić information content (AvgIpc) is 2.57. The number of rotatable bonds is 4. The fourth-order valence-corrected chi connectivity index (χ4v) is 4.44. The van der Waals surface area contributed by atoms with Gasteiger partial charge in [0.2, 0.25) is 0 Å². The minimum atomic E-state index is -0.556. The summed E-state index contributed by atoms with van der Waals surface area (Å²) < 4.78 is 0. The Morgan fingerprint density at radius 2 is 1.50 bits per heavy atom. The summed E-state index contributed by atoms with van der Waals surface area (Å²) in [6.45, 7) is 16.3. The summed E-state index contributed by atoms with van der Waals surface area (Å²) in [5.41, 5.74) is 4.91. The molecule has 0 amide bonds. The van der Waals surface area contributed by atoms with Gasteiger partial charge >= 0.3 is 35.6 Å². The standard InChI is InChI=1S/C24H36NOP.2ClH.Ti/c1-16-10-11-20(17(12-16)15-25(8)9)27-21-14-18(23(2,3)4)13-19(22(21)26)24(5,6)7;;;/h10-14,26-27H,15H2,1-9H3;2*1H;/q;;;+2/p-2. The molecule has 0 aliphatic heterocycles. The molecule has 2 nitrogen and oxygen atoms in total. The number of halogens is 2. The van der Waals surface area contributed by atoms with Crippen molar-refractivity contribution in [3.8, 4) is 5.75 Å². The molecular formula is C24H36Cl2NOPTi. The van der Waals surface area contributed by atoms with Gasteiger partial charge in [-0.15, -0.1) is 0 Å². The predicted octanol–water partition coefficient (Wildman–Crippen LogP) is 6.36. The van der Waals surface area contributed by atoms with E-state index in [0.29, 0.717) is 14.3 Å². The monoisotopic (exact) mass is 503 g/mol. The quantitative estimate of drug-likeness (QED) is 0.387. The molecule has 0 heterocycles. The molecule has 0 aliphatic carbocycles. The van der Waals surface area contributed by atoms with Gasteiger partial charge in [-0.25, -0.2) is 0 Å². The molecule has 30 heavy (non-hydrogen) atoms. The molecule has 1 unspecified atom stereocenters. The van der Waals surface area contributed by atoms with Crippen molar-refractivity contribution in [3.63, 3.8) is 0 Å². The van der Waals surface area contributed by atoms with Crippen molar-refractivity contribution < 1.29 is 22.1 Å². The minimum absolute atomic E-state index is 0.0483. The van der Waals surface area contributed by atoms with Gasteiger partial charge in [0.05, 0.1) is 0 Å². The molecule has 0 aliphatic rings. The van der Waals surface area contributed by atoms with Crippen molar-refractivity contribution in [2.45, 2.75) is 65.8 Å². The summed E-state index contributed by atoms with van der Waals surface area (Å²) >= 11 is -0.556. The zero-order chi connectivity index (χ0) is 23.3. The van der Waals surface area contributed by atoms with E-state index < -0.39 is 17.0 Å². The van der Waals surface area contributed by atoms with Crippen LogP contribution in [0.4, 0.5) is 0 Å². The van der Waals surface area contributed by atoms with Crippen molar-refractivity contribution in [1.82, 2.24) is 4.90 Å². The summed E-state index contributed by atoms with van der Waals surface area (Å²) in [4.78, 5) is 2.20. The predicted molar refractivity (Wildman–Crippen MR) is 133 cm³/mol. The SMILES string of the molecule is Cc1ccc(Pc2cc(C(C)(C)C)cc(C(C)(C)C)c2O)c(CN(C)C)c1.[Cl][Ti][Cl]. The van der Waals surface area contributed by atoms with Crippen LogP contribution in [0.25, 0.3) is 0 Å². The van der Waals surface area contributed by atoms with Crippen LogP contribution in [-0.2, 0) is 34.4 Å². The van der Waals surface area contributed by atoms with Crippen LogP contribution < -0.4 is 10.6 Å². The van der Waals surface area contributed by atoms with Gasteiger partial charge in [-0.2, -0.15) is 0 Å². The third-order valence-corrected chi connectivity index (χ3v) is 6.21. The van der Waals surface area contributed by atoms with E-state index in [-0.39, 0.29) is 10.8 Å². The van der Waals surface area contributed by atoms with Gasteiger partial charge < -0.3 is 10.0 Å². The van der Waals surface area contributed by atoms with E-state index in [9.17, 15) is 5.11 Å². The summed E-state index contributed by atoms with van der Waals surface area (Å²) in [6, 6.07) is 11.1. The molecule has 2 rings (SSSR count). The van der Waals surface area contributed by atoms with Crippen LogP contribution in [0.3, 0.4) is 0 Å². The zero-order valence-corrected chi connectivity index (χ0v) is 23.8. The first-order valence-electron chi connectivity index (χ1n) is 10.1. The Kier molecular flexibility index (Phi) is 10.9. The fourth-order valence-electron chi connectivity index (χ4n) is 3.20. The van der Waals surface area contributed by atoms with E-state index in [1.54, 1.807) is 0 Å². The van der Waals surface area contributed by atoms with E-state index in [1.807, 2.05) is 0 Å². The molecule has 0 bridgehead atoms. The van der Waals surface area contributed by atoms with Gasteiger partial charge in [0, 0.05) is 17.4 Å². The summed E-state index contributed by atoms with van der Waals surface area (Å²) in [5.74, 6) is 0.463. The van der Waals surface area contributed by atoms with Crippen LogP contribution in [0.5, 0.6) is 5.75 Å². The normalized spacial score (nSPS) is 12.3. The first-order valence-corrected chi connectivity index (χ1v) is 15.4. The molecule has 6 heteroatoms. The Hall–Kier alpha value is -0.0757. The van der Waals surface area contributed by atoms with Crippen LogP contribution in [0, 0.1) is 6.92 Å². The van der Waals surface area contributed by atoms with Gasteiger partial charge in [0.25, 0.3) is 0 Å². The van der Waals surface area contributed by atoms with Crippen LogP contribution in [0.2, 0.25) is 0 Å². The van der Waals surface area contributed by atoms with Crippen molar-refractivity contribution in [3.05, 3.63) is 52.6 Å². The third-order valence-electron chi connectivity index (χ3n) is 4.80. The number of phenolic OH excluding ortho intramolecular Hbond substituents is 1. The van der Waals surface area contributed by atoms with Crippen LogP contribution in [0.15, 0.2) is 30.3 Å². The van der Waals surface area contributed by atoms with Crippen LogP contribution in [0.1, 0.15) is 63.8 Å². The number of aryl methyl sites for hydroxylation is 1. The van der Waals surface area contributed by atoms with Crippen molar-refractivity contribution in [1.29, 1.82) is 0 Å². The number of hydrogen-bond acceptors (Lipinski definition) is 2. The Morgan fingerprint density at radius 3 is 1.97 bits per heavy atom. The van der Waals surface area contributed by atoms with E-state index in [1.165, 1.54) is 22.0 Å². The molecular weight excluding hydrogens is 468 g/mol. The molecule has 2 aromatic carbocycles. The van der Waals surface area contributed by atoms with E-state index in [0.717, 1.165) is 17.4 Å². The Bertz CT molecular complexity index is 842. The van der Waals surface area contributed by atoms with Crippen LogP contribution >= 0.6 is 27.2 Å². The molecule has 0 aromatic heterocycles. The van der Waals surface area contributed by atoms with E-state index >= 15 is 0 Å². The van der Waals surface area contributed by atoms with E-state index in [2.05, 4.69) is 97.8 Å². The molecule has 0 saturated heterocycles. The second-order valence-corrected chi connectivity index (χ2v) is 13.9. The molecule has 0 spiro atoms. The Labute approximate surface area is 202 Å². The van der Waals surface area contributed by atoms with Gasteiger partial charge in [0.1, 0.15) is 5.75 Å². The molecule has 0 saturated carbocycles. The second kappa shape index (κ2) is 11.7. The number of hydrogen-bond donors (Lipinski definition) is 1. The zero-order valence-electron chi connectivity index (χ0n) is 19.7. The Morgan fingerprint density at radius 1 is 0.933 bits per heavy atom. The number of phenols is 1.